The Labute approximate surface area is 101 Å². The summed E-state index contributed by atoms with van der Waals surface area (Å²) >= 11 is 0. The number of aromatic nitrogens is 4. The van der Waals surface area contributed by atoms with Gasteiger partial charge in [0.05, 0.1) is 11.0 Å². The molecule has 2 heterocycles. The molecule has 0 bridgehead atoms. The zero-order chi connectivity index (χ0) is 12.4. The molecule has 2 aromatic heterocycles. The Morgan fingerprint density at radius 3 is 2.56 bits per heavy atom. The van der Waals surface area contributed by atoms with E-state index < -0.39 is 0 Å². The van der Waals surface area contributed by atoms with E-state index in [4.69, 9.17) is 5.53 Å². The van der Waals surface area contributed by atoms with Crippen LogP contribution in [0, 0.1) is 0 Å². The van der Waals surface area contributed by atoms with Crippen LogP contribution in [0.3, 0.4) is 0 Å². The van der Waals surface area contributed by atoms with Crippen molar-refractivity contribution in [2.24, 2.45) is 5.11 Å². The van der Waals surface area contributed by atoms with Gasteiger partial charge in [0.1, 0.15) is 0 Å². The number of azide groups is 1. The maximum absolute atomic E-state index is 8.57. The Kier molecular flexibility index (Phi) is 2.37. The lowest BCUT2D eigenvalue weighted by Gasteiger charge is -2.05. The zero-order valence-corrected chi connectivity index (χ0v) is 9.17. The molecule has 0 fully saturated rings. The van der Waals surface area contributed by atoms with Crippen LogP contribution in [-0.2, 0) is 0 Å². The molecule has 3 rings (SSSR count). The fourth-order valence-corrected chi connectivity index (χ4v) is 1.64. The number of hydrogen-bond donors (Lipinski definition) is 0. The molecule has 18 heavy (non-hydrogen) atoms. The Bertz CT molecular complexity index is 741. The molecule has 1 aromatic carbocycles. The van der Waals surface area contributed by atoms with Crippen molar-refractivity contribution in [3.8, 4) is 5.82 Å². The van der Waals surface area contributed by atoms with Crippen LogP contribution in [0.5, 0.6) is 0 Å². The van der Waals surface area contributed by atoms with Crippen LogP contribution >= 0.6 is 0 Å². The van der Waals surface area contributed by atoms with Gasteiger partial charge in [-0.05, 0) is 28.8 Å². The average molecular weight is 237 g/mol. The van der Waals surface area contributed by atoms with Crippen LogP contribution < -0.4 is 0 Å². The summed E-state index contributed by atoms with van der Waals surface area (Å²) in [5.74, 6) is 0.622. The van der Waals surface area contributed by atoms with Crippen LogP contribution in [0.1, 0.15) is 0 Å². The summed E-state index contributed by atoms with van der Waals surface area (Å²) in [5.41, 5.74) is 9.97. The maximum atomic E-state index is 8.57. The van der Waals surface area contributed by atoms with Crippen molar-refractivity contribution >= 4 is 16.9 Å². The van der Waals surface area contributed by atoms with E-state index in [2.05, 4.69) is 25.1 Å². The molecular formula is C11H7N7. The highest BCUT2D eigenvalue weighted by Gasteiger charge is 2.09. The second-order valence-corrected chi connectivity index (χ2v) is 3.50. The molecule has 0 N–H and O–H groups in total. The lowest BCUT2D eigenvalue weighted by molar-refractivity contribution is 0.846. The van der Waals surface area contributed by atoms with E-state index in [1.165, 1.54) is 4.68 Å². The van der Waals surface area contributed by atoms with Gasteiger partial charge in [-0.25, -0.2) is 14.6 Å². The highest BCUT2D eigenvalue weighted by atomic mass is 15.3. The highest BCUT2D eigenvalue weighted by Crippen LogP contribution is 2.22. The summed E-state index contributed by atoms with van der Waals surface area (Å²) in [6.45, 7) is 0. The summed E-state index contributed by atoms with van der Waals surface area (Å²) < 4.78 is 1.52. The lowest BCUT2D eigenvalue weighted by atomic mass is 10.3. The third-order valence-corrected chi connectivity index (χ3v) is 2.40. The monoisotopic (exact) mass is 237 g/mol. The van der Waals surface area contributed by atoms with Gasteiger partial charge in [-0.15, -0.1) is 0 Å². The molecule has 0 aliphatic carbocycles. The van der Waals surface area contributed by atoms with Gasteiger partial charge in [0.15, 0.2) is 11.6 Å². The Balaban J connectivity index is 2.34. The first-order valence-electron chi connectivity index (χ1n) is 5.20. The number of benzene rings is 1. The second kappa shape index (κ2) is 4.15. The second-order valence-electron chi connectivity index (χ2n) is 3.50. The Morgan fingerprint density at radius 1 is 1.11 bits per heavy atom. The summed E-state index contributed by atoms with van der Waals surface area (Å²) in [5, 5.41) is 7.63. The van der Waals surface area contributed by atoms with Gasteiger partial charge in [0, 0.05) is 17.3 Å². The van der Waals surface area contributed by atoms with Crippen molar-refractivity contribution in [3.05, 3.63) is 53.2 Å². The molecule has 0 aliphatic rings. The van der Waals surface area contributed by atoms with Crippen LogP contribution in [0.15, 0.2) is 47.8 Å². The number of para-hydroxylation sites is 2. The quantitative estimate of drug-likeness (QED) is 0.389. The standard InChI is InChI=1S/C11H7N7/c12-17-16-10-11(18-7-3-6-13-18)15-9-5-2-1-4-8(9)14-10/h1-7H. The van der Waals surface area contributed by atoms with Crippen molar-refractivity contribution in [2.75, 3.05) is 0 Å². The van der Waals surface area contributed by atoms with Crippen LogP contribution in [0.4, 0.5) is 5.82 Å². The molecule has 0 radical (unpaired) electrons. The lowest BCUT2D eigenvalue weighted by Crippen LogP contribution is -2.00. The zero-order valence-electron chi connectivity index (χ0n) is 9.17. The smallest absolute Gasteiger partial charge is 0.182 e. The molecule has 0 atom stereocenters. The average Bonchev–Trinajstić information content (AvgIpc) is 2.92. The predicted octanol–water partition coefficient (Wildman–Crippen LogP) is 2.76. The Hall–Kier alpha value is -2.92. The van der Waals surface area contributed by atoms with E-state index in [9.17, 15) is 0 Å². The normalized spacial score (nSPS) is 10.2. The van der Waals surface area contributed by atoms with Gasteiger partial charge in [-0.3, -0.25) is 0 Å². The summed E-state index contributed by atoms with van der Waals surface area (Å²) in [6.07, 6.45) is 3.34. The van der Waals surface area contributed by atoms with E-state index in [1.54, 1.807) is 18.5 Å². The number of nitrogens with zero attached hydrogens (tertiary/aromatic N) is 7. The third-order valence-electron chi connectivity index (χ3n) is 2.40. The first kappa shape index (κ1) is 10.2. The topological polar surface area (TPSA) is 92.4 Å². The summed E-state index contributed by atoms with van der Waals surface area (Å²) in [4.78, 5) is 11.5. The third kappa shape index (κ3) is 1.64. The van der Waals surface area contributed by atoms with Gasteiger partial charge < -0.3 is 0 Å². The summed E-state index contributed by atoms with van der Waals surface area (Å²) in [6, 6.07) is 9.14. The molecule has 0 saturated carbocycles. The van der Waals surface area contributed by atoms with E-state index in [-0.39, 0.29) is 5.82 Å². The highest BCUT2D eigenvalue weighted by molar-refractivity contribution is 5.77. The predicted molar refractivity (Wildman–Crippen MR) is 65.5 cm³/mol. The minimum absolute atomic E-state index is 0.208. The van der Waals surface area contributed by atoms with E-state index in [0.717, 1.165) is 5.52 Å². The van der Waals surface area contributed by atoms with Crippen LogP contribution in [0.2, 0.25) is 0 Å². The van der Waals surface area contributed by atoms with Crippen molar-refractivity contribution < 1.29 is 0 Å². The van der Waals surface area contributed by atoms with Crippen molar-refractivity contribution in [1.29, 1.82) is 0 Å². The van der Waals surface area contributed by atoms with E-state index >= 15 is 0 Å². The van der Waals surface area contributed by atoms with Crippen molar-refractivity contribution in [3.63, 3.8) is 0 Å². The molecule has 0 amide bonds. The number of fused-ring (bicyclic) bond motifs is 1. The van der Waals surface area contributed by atoms with Crippen LogP contribution in [-0.4, -0.2) is 19.7 Å². The van der Waals surface area contributed by atoms with Gasteiger partial charge in [-0.1, -0.05) is 12.1 Å². The fraction of sp³-hybridized carbons (Fsp3) is 0. The maximum Gasteiger partial charge on any atom is 0.182 e. The van der Waals surface area contributed by atoms with Gasteiger partial charge >= 0.3 is 0 Å². The first-order chi connectivity index (χ1) is 8.88. The molecule has 86 valence electrons. The SMILES string of the molecule is [N-]=[N+]=Nc1nc2ccccc2nc1-n1cccn1. The molecule has 0 spiro atoms. The van der Waals surface area contributed by atoms with Gasteiger partial charge in [-0.2, -0.15) is 5.10 Å². The largest absolute Gasteiger partial charge is 0.241 e. The molecular weight excluding hydrogens is 230 g/mol. The van der Waals surface area contributed by atoms with Gasteiger partial charge in [0.25, 0.3) is 0 Å². The first-order valence-corrected chi connectivity index (χ1v) is 5.20. The molecule has 0 saturated heterocycles. The molecule has 3 aromatic rings. The fourth-order valence-electron chi connectivity index (χ4n) is 1.64. The summed E-state index contributed by atoms with van der Waals surface area (Å²) in [7, 11) is 0. The minimum atomic E-state index is 0.208. The molecule has 0 aliphatic heterocycles. The molecule has 7 nitrogen and oxygen atoms in total. The number of rotatable bonds is 2. The van der Waals surface area contributed by atoms with E-state index in [0.29, 0.717) is 11.3 Å². The number of hydrogen-bond acceptors (Lipinski definition) is 4. The molecule has 7 heteroatoms. The van der Waals surface area contributed by atoms with E-state index in [1.807, 2.05) is 24.3 Å². The molecule has 0 unspecified atom stereocenters. The van der Waals surface area contributed by atoms with Crippen molar-refractivity contribution in [2.45, 2.75) is 0 Å². The Morgan fingerprint density at radius 2 is 1.89 bits per heavy atom. The van der Waals surface area contributed by atoms with Crippen molar-refractivity contribution in [1.82, 2.24) is 19.7 Å². The van der Waals surface area contributed by atoms with Crippen LogP contribution in [0.25, 0.3) is 27.3 Å². The van der Waals surface area contributed by atoms with Gasteiger partial charge in [0.2, 0.25) is 0 Å². The minimum Gasteiger partial charge on any atom is -0.241 e.